The van der Waals surface area contributed by atoms with Crippen LogP contribution in [-0.2, 0) is 11.3 Å². The van der Waals surface area contributed by atoms with Crippen molar-refractivity contribution < 1.29 is 4.79 Å². The van der Waals surface area contributed by atoms with Crippen molar-refractivity contribution in [3.8, 4) is 0 Å². The second-order valence-electron chi connectivity index (χ2n) is 2.95. The van der Waals surface area contributed by atoms with E-state index < -0.39 is 0 Å². The second-order valence-corrected chi connectivity index (χ2v) is 4.06. The molecule has 1 atom stereocenters. The SMILES string of the molecule is CC[C@H](Br)C(=O)NCc1cccnc1. The highest BCUT2D eigenvalue weighted by Crippen LogP contribution is 2.04. The van der Waals surface area contributed by atoms with Crippen LogP contribution in [0.5, 0.6) is 0 Å². The van der Waals surface area contributed by atoms with Gasteiger partial charge in [-0.1, -0.05) is 28.9 Å². The molecule has 0 saturated heterocycles. The number of carbonyl (C=O) groups is 1. The Hall–Kier alpha value is -0.900. The summed E-state index contributed by atoms with van der Waals surface area (Å²) in [5.41, 5.74) is 1.01. The van der Waals surface area contributed by atoms with E-state index in [2.05, 4.69) is 26.2 Å². The van der Waals surface area contributed by atoms with Crippen LogP contribution in [0.1, 0.15) is 18.9 Å². The van der Waals surface area contributed by atoms with Gasteiger partial charge in [0.15, 0.2) is 0 Å². The summed E-state index contributed by atoms with van der Waals surface area (Å²) in [6.45, 7) is 2.50. The van der Waals surface area contributed by atoms with Crippen molar-refractivity contribution in [3.05, 3.63) is 30.1 Å². The predicted octanol–water partition coefficient (Wildman–Crippen LogP) is 1.87. The van der Waals surface area contributed by atoms with Crippen LogP contribution in [-0.4, -0.2) is 15.7 Å². The van der Waals surface area contributed by atoms with Gasteiger partial charge >= 0.3 is 0 Å². The lowest BCUT2D eigenvalue weighted by atomic mass is 10.2. The zero-order chi connectivity index (χ0) is 10.4. The maximum atomic E-state index is 11.4. The van der Waals surface area contributed by atoms with Crippen LogP contribution >= 0.6 is 15.9 Å². The van der Waals surface area contributed by atoms with Crippen LogP contribution in [0.2, 0.25) is 0 Å². The summed E-state index contributed by atoms with van der Waals surface area (Å²) in [7, 11) is 0. The number of hydrogen-bond donors (Lipinski definition) is 1. The fourth-order valence-electron chi connectivity index (χ4n) is 0.988. The normalized spacial score (nSPS) is 12.1. The molecule has 0 aromatic carbocycles. The standard InChI is InChI=1S/C10H13BrN2O/c1-2-9(11)10(14)13-7-8-4-3-5-12-6-8/h3-6,9H,2,7H2,1H3,(H,13,14)/t9-/m0/s1. The summed E-state index contributed by atoms with van der Waals surface area (Å²) >= 11 is 3.29. The van der Waals surface area contributed by atoms with Crippen molar-refractivity contribution in [1.82, 2.24) is 10.3 Å². The minimum Gasteiger partial charge on any atom is -0.351 e. The highest BCUT2D eigenvalue weighted by Gasteiger charge is 2.10. The Bertz CT molecular complexity index is 289. The van der Waals surface area contributed by atoms with Crippen LogP contribution in [0.3, 0.4) is 0 Å². The summed E-state index contributed by atoms with van der Waals surface area (Å²) in [6, 6.07) is 3.79. The lowest BCUT2D eigenvalue weighted by Gasteiger charge is -2.08. The minimum atomic E-state index is -0.0980. The summed E-state index contributed by atoms with van der Waals surface area (Å²) in [4.78, 5) is 15.2. The third-order valence-corrected chi connectivity index (χ3v) is 2.90. The molecule has 0 bridgehead atoms. The zero-order valence-corrected chi connectivity index (χ0v) is 9.62. The number of aromatic nitrogens is 1. The smallest absolute Gasteiger partial charge is 0.234 e. The molecule has 0 aliphatic rings. The topological polar surface area (TPSA) is 42.0 Å². The number of nitrogens with zero attached hydrogens (tertiary/aromatic N) is 1. The monoisotopic (exact) mass is 256 g/mol. The quantitative estimate of drug-likeness (QED) is 0.836. The molecule has 4 heteroatoms. The molecule has 0 radical (unpaired) electrons. The number of halogens is 1. The molecule has 1 heterocycles. The molecule has 0 spiro atoms. The van der Waals surface area contributed by atoms with Gasteiger partial charge in [-0.05, 0) is 18.1 Å². The fourth-order valence-corrected chi connectivity index (χ4v) is 1.15. The van der Waals surface area contributed by atoms with E-state index in [1.807, 2.05) is 19.1 Å². The molecule has 1 rings (SSSR count). The first-order chi connectivity index (χ1) is 6.74. The van der Waals surface area contributed by atoms with Crippen molar-refractivity contribution >= 4 is 21.8 Å². The van der Waals surface area contributed by atoms with Gasteiger partial charge in [0.25, 0.3) is 0 Å². The third kappa shape index (κ3) is 3.46. The Labute approximate surface area is 92.1 Å². The van der Waals surface area contributed by atoms with Gasteiger partial charge in [-0.3, -0.25) is 9.78 Å². The highest BCUT2D eigenvalue weighted by molar-refractivity contribution is 9.10. The van der Waals surface area contributed by atoms with Gasteiger partial charge in [-0.25, -0.2) is 0 Å². The maximum absolute atomic E-state index is 11.4. The lowest BCUT2D eigenvalue weighted by molar-refractivity contribution is -0.120. The van der Waals surface area contributed by atoms with Gasteiger partial charge in [0, 0.05) is 18.9 Å². The van der Waals surface area contributed by atoms with E-state index in [0.29, 0.717) is 6.54 Å². The van der Waals surface area contributed by atoms with E-state index in [1.165, 1.54) is 0 Å². The van der Waals surface area contributed by atoms with Gasteiger partial charge in [0.2, 0.25) is 5.91 Å². The first-order valence-electron chi connectivity index (χ1n) is 4.54. The Morgan fingerprint density at radius 2 is 2.50 bits per heavy atom. The number of carbonyl (C=O) groups excluding carboxylic acids is 1. The largest absolute Gasteiger partial charge is 0.351 e. The molecule has 1 N–H and O–H groups in total. The van der Waals surface area contributed by atoms with Crippen LogP contribution in [0.25, 0.3) is 0 Å². The lowest BCUT2D eigenvalue weighted by Crippen LogP contribution is -2.30. The van der Waals surface area contributed by atoms with E-state index in [4.69, 9.17) is 0 Å². The van der Waals surface area contributed by atoms with Crippen LogP contribution < -0.4 is 5.32 Å². The van der Waals surface area contributed by atoms with Crippen molar-refractivity contribution in [2.45, 2.75) is 24.7 Å². The molecule has 76 valence electrons. The molecule has 0 fully saturated rings. The van der Waals surface area contributed by atoms with Gasteiger partial charge in [0.1, 0.15) is 0 Å². The Kier molecular flexibility index (Phi) is 4.59. The summed E-state index contributed by atoms with van der Waals surface area (Å²) < 4.78 is 0. The summed E-state index contributed by atoms with van der Waals surface area (Å²) in [5, 5.41) is 2.82. The Morgan fingerprint density at radius 1 is 1.71 bits per heavy atom. The maximum Gasteiger partial charge on any atom is 0.234 e. The zero-order valence-electron chi connectivity index (χ0n) is 8.03. The predicted molar refractivity (Wildman–Crippen MR) is 59.1 cm³/mol. The van der Waals surface area contributed by atoms with Crippen LogP contribution in [0, 0.1) is 0 Å². The van der Waals surface area contributed by atoms with Gasteiger partial charge < -0.3 is 5.32 Å². The van der Waals surface area contributed by atoms with Crippen molar-refractivity contribution in [1.29, 1.82) is 0 Å². The minimum absolute atomic E-state index is 0.0244. The molecule has 0 aliphatic carbocycles. The molecule has 3 nitrogen and oxygen atoms in total. The average molecular weight is 257 g/mol. The molecule has 14 heavy (non-hydrogen) atoms. The van der Waals surface area contributed by atoms with E-state index in [1.54, 1.807) is 12.4 Å². The molecule has 1 aromatic rings. The number of pyridine rings is 1. The second kappa shape index (κ2) is 5.75. The van der Waals surface area contributed by atoms with E-state index in [9.17, 15) is 4.79 Å². The molecular formula is C10H13BrN2O. The molecule has 0 saturated carbocycles. The summed E-state index contributed by atoms with van der Waals surface area (Å²) in [6.07, 6.45) is 4.25. The van der Waals surface area contributed by atoms with E-state index >= 15 is 0 Å². The number of rotatable bonds is 4. The highest BCUT2D eigenvalue weighted by atomic mass is 79.9. The third-order valence-electron chi connectivity index (χ3n) is 1.83. The molecular weight excluding hydrogens is 244 g/mol. The van der Waals surface area contributed by atoms with Crippen LogP contribution in [0.4, 0.5) is 0 Å². The molecule has 0 aliphatic heterocycles. The number of alkyl halides is 1. The number of nitrogens with one attached hydrogen (secondary N) is 1. The summed E-state index contributed by atoms with van der Waals surface area (Å²) in [5.74, 6) is 0.0244. The molecule has 1 amide bonds. The van der Waals surface area contributed by atoms with Crippen molar-refractivity contribution in [2.24, 2.45) is 0 Å². The Balaban J connectivity index is 2.38. The van der Waals surface area contributed by atoms with E-state index in [-0.39, 0.29) is 10.7 Å². The fraction of sp³-hybridized carbons (Fsp3) is 0.400. The molecule has 0 unspecified atom stereocenters. The molecule has 1 aromatic heterocycles. The van der Waals surface area contributed by atoms with Gasteiger partial charge in [-0.2, -0.15) is 0 Å². The van der Waals surface area contributed by atoms with Gasteiger partial charge in [0.05, 0.1) is 4.83 Å². The van der Waals surface area contributed by atoms with Crippen LogP contribution in [0.15, 0.2) is 24.5 Å². The number of amides is 1. The average Bonchev–Trinajstić information content (AvgIpc) is 2.26. The number of hydrogen-bond acceptors (Lipinski definition) is 2. The Morgan fingerprint density at radius 3 is 3.07 bits per heavy atom. The first kappa shape index (κ1) is 11.2. The van der Waals surface area contributed by atoms with E-state index in [0.717, 1.165) is 12.0 Å². The van der Waals surface area contributed by atoms with Crippen molar-refractivity contribution in [3.63, 3.8) is 0 Å². The van der Waals surface area contributed by atoms with Gasteiger partial charge in [-0.15, -0.1) is 0 Å². The first-order valence-corrected chi connectivity index (χ1v) is 5.46. The van der Waals surface area contributed by atoms with Crippen molar-refractivity contribution in [2.75, 3.05) is 0 Å².